The molecule has 3 atom stereocenters. The molecule has 0 radical (unpaired) electrons. The van der Waals surface area contributed by atoms with Gasteiger partial charge in [0.1, 0.15) is 6.61 Å². The van der Waals surface area contributed by atoms with Crippen LogP contribution >= 0.6 is 0 Å². The summed E-state index contributed by atoms with van der Waals surface area (Å²) < 4.78 is 9.78. The summed E-state index contributed by atoms with van der Waals surface area (Å²) in [7, 11) is 0. The van der Waals surface area contributed by atoms with Crippen LogP contribution in [-0.2, 0) is 22.6 Å². The van der Waals surface area contributed by atoms with Crippen LogP contribution in [0, 0.1) is 11.8 Å². The highest BCUT2D eigenvalue weighted by Crippen LogP contribution is 2.28. The lowest BCUT2D eigenvalue weighted by Gasteiger charge is -2.22. The number of carbonyl (C=O) groups excluding carboxylic acids is 1. The lowest BCUT2D eigenvalue weighted by Crippen LogP contribution is -2.37. The molecule has 0 saturated carbocycles. The third-order valence-corrected chi connectivity index (χ3v) is 5.37. The van der Waals surface area contributed by atoms with E-state index in [2.05, 4.69) is 14.7 Å². The van der Waals surface area contributed by atoms with E-state index in [-0.39, 0.29) is 25.6 Å². The monoisotopic (exact) mass is 418 g/mol. The third kappa shape index (κ3) is 5.69. The van der Waals surface area contributed by atoms with Crippen molar-refractivity contribution < 1.29 is 24.0 Å². The molecule has 10 nitrogen and oxygen atoms in total. The molecule has 1 saturated heterocycles. The molecule has 1 amide bonds. The Morgan fingerprint density at radius 1 is 1.30 bits per heavy atom. The second-order valence-electron chi connectivity index (χ2n) is 7.51. The summed E-state index contributed by atoms with van der Waals surface area (Å²) in [6.45, 7) is 0.674. The molecule has 1 aliphatic rings. The first kappa shape index (κ1) is 21.6. The molecule has 2 aromatic rings. The number of benzene rings is 1. The lowest BCUT2D eigenvalue weighted by molar-refractivity contribution is -0.144. The lowest BCUT2D eigenvalue weighted by atomic mass is 9.85. The molecule has 2 heterocycles. The van der Waals surface area contributed by atoms with E-state index in [1.165, 1.54) is 4.90 Å². The molecular weight excluding hydrogens is 392 g/mol. The van der Waals surface area contributed by atoms with Gasteiger partial charge in [0.15, 0.2) is 5.82 Å². The zero-order valence-corrected chi connectivity index (χ0v) is 16.5. The van der Waals surface area contributed by atoms with E-state index in [1.54, 1.807) is 0 Å². The van der Waals surface area contributed by atoms with E-state index in [0.29, 0.717) is 31.5 Å². The van der Waals surface area contributed by atoms with Crippen molar-refractivity contribution in [1.29, 1.82) is 0 Å². The number of likely N-dealkylation sites (tertiary alicyclic amines) is 1. The van der Waals surface area contributed by atoms with Gasteiger partial charge in [-0.1, -0.05) is 41.9 Å². The Labute approximate surface area is 173 Å². The Balaban J connectivity index is 1.48. The molecule has 0 aliphatic carbocycles. The number of unbranched alkanes of at least 4 members (excludes halogenated alkanes) is 1. The fourth-order valence-electron chi connectivity index (χ4n) is 3.79. The molecule has 1 fully saturated rings. The van der Waals surface area contributed by atoms with Gasteiger partial charge in [-0.05, 0) is 18.4 Å². The summed E-state index contributed by atoms with van der Waals surface area (Å²) in [6, 6.07) is 8.90. The third-order valence-electron chi connectivity index (χ3n) is 5.37. The Kier molecular flexibility index (Phi) is 7.23. The standard InChI is InChI=1S/C20H26N4O6/c21-16-11-24(20(28)29-12-13-6-2-1-3-7-13)10-15(16)14(18(25)26)8-4-5-9-17-22-19(27)30-23-17/h1-3,6-7,14-16H,4-5,8-12,21H2,(H,25,26)(H,22,23,27)/t14?,15-,16+/m0/s1. The molecule has 162 valence electrons. The van der Waals surface area contributed by atoms with E-state index in [4.69, 9.17) is 10.5 Å². The van der Waals surface area contributed by atoms with Gasteiger partial charge in [0, 0.05) is 31.5 Å². The van der Waals surface area contributed by atoms with E-state index >= 15 is 0 Å². The maximum Gasteiger partial charge on any atom is 0.438 e. The number of rotatable bonds is 9. The molecule has 1 aromatic heterocycles. The number of carboxylic acid groups (broad SMARTS) is 1. The van der Waals surface area contributed by atoms with Gasteiger partial charge in [-0.3, -0.25) is 14.3 Å². The Bertz CT molecular complexity index is 896. The summed E-state index contributed by atoms with van der Waals surface area (Å²) in [5, 5.41) is 13.3. The Hall–Kier alpha value is -3.14. The minimum atomic E-state index is -0.926. The zero-order valence-electron chi connectivity index (χ0n) is 16.5. The van der Waals surface area contributed by atoms with Gasteiger partial charge in [-0.2, -0.15) is 0 Å². The molecule has 0 spiro atoms. The summed E-state index contributed by atoms with van der Waals surface area (Å²) in [5.74, 6) is -2.10. The highest BCUT2D eigenvalue weighted by atomic mass is 16.6. The Morgan fingerprint density at radius 3 is 2.73 bits per heavy atom. The fraction of sp³-hybridized carbons (Fsp3) is 0.500. The molecule has 30 heavy (non-hydrogen) atoms. The number of aromatic amines is 1. The largest absolute Gasteiger partial charge is 0.481 e. The van der Waals surface area contributed by atoms with E-state index < -0.39 is 29.8 Å². The van der Waals surface area contributed by atoms with Crippen LogP contribution < -0.4 is 11.5 Å². The minimum Gasteiger partial charge on any atom is -0.481 e. The number of carbonyl (C=O) groups is 2. The number of nitrogens with zero attached hydrogens (tertiary/aromatic N) is 2. The summed E-state index contributed by atoms with van der Waals surface area (Å²) >= 11 is 0. The van der Waals surface area contributed by atoms with Crippen molar-refractivity contribution in [2.45, 2.75) is 38.3 Å². The highest BCUT2D eigenvalue weighted by molar-refractivity contribution is 5.72. The second kappa shape index (κ2) is 10.1. The van der Waals surface area contributed by atoms with Crippen molar-refractivity contribution in [2.75, 3.05) is 13.1 Å². The van der Waals surface area contributed by atoms with Crippen molar-refractivity contribution in [3.8, 4) is 0 Å². The van der Waals surface area contributed by atoms with Gasteiger partial charge in [-0.15, -0.1) is 0 Å². The van der Waals surface area contributed by atoms with Crippen LogP contribution in [0.25, 0.3) is 0 Å². The summed E-state index contributed by atoms with van der Waals surface area (Å²) in [5.41, 5.74) is 7.05. The summed E-state index contributed by atoms with van der Waals surface area (Å²) in [6.07, 6.45) is 1.69. The number of H-pyrrole nitrogens is 1. The second-order valence-corrected chi connectivity index (χ2v) is 7.51. The van der Waals surface area contributed by atoms with Crippen LogP contribution in [0.2, 0.25) is 0 Å². The normalized spacial score (nSPS) is 19.6. The number of aryl methyl sites for hydroxylation is 1. The molecule has 1 unspecified atom stereocenters. The predicted molar refractivity (Wildman–Crippen MR) is 105 cm³/mol. The van der Waals surface area contributed by atoms with Gasteiger partial charge in [0.25, 0.3) is 0 Å². The van der Waals surface area contributed by atoms with Crippen molar-refractivity contribution >= 4 is 12.1 Å². The Morgan fingerprint density at radius 2 is 2.07 bits per heavy atom. The van der Waals surface area contributed by atoms with Gasteiger partial charge in [0.05, 0.1) is 5.92 Å². The van der Waals surface area contributed by atoms with E-state index in [1.807, 2.05) is 30.3 Å². The molecule has 0 bridgehead atoms. The first-order valence-corrected chi connectivity index (χ1v) is 9.93. The average Bonchev–Trinajstić information content (AvgIpc) is 3.32. The van der Waals surface area contributed by atoms with Crippen LogP contribution in [0.3, 0.4) is 0 Å². The molecule has 3 rings (SSSR count). The molecule has 1 aromatic carbocycles. The number of aliphatic carboxylic acids is 1. The molecule has 1 aliphatic heterocycles. The van der Waals surface area contributed by atoms with Crippen LogP contribution in [0.4, 0.5) is 4.79 Å². The maximum atomic E-state index is 12.4. The number of nitrogens with one attached hydrogen (secondary N) is 1. The van der Waals surface area contributed by atoms with Crippen molar-refractivity contribution in [2.24, 2.45) is 17.6 Å². The minimum absolute atomic E-state index is 0.155. The SMILES string of the molecule is N[C@@H]1CN(C(=O)OCc2ccccc2)C[C@H]1C(CCCCc1noc(=O)[nH]1)C(=O)O. The molecular formula is C20H26N4O6. The average molecular weight is 418 g/mol. The number of hydrogen-bond donors (Lipinski definition) is 3. The van der Waals surface area contributed by atoms with Gasteiger partial charge in [0.2, 0.25) is 0 Å². The van der Waals surface area contributed by atoms with Gasteiger partial charge in [-0.25, -0.2) is 9.59 Å². The van der Waals surface area contributed by atoms with Crippen LogP contribution in [0.5, 0.6) is 0 Å². The zero-order chi connectivity index (χ0) is 21.5. The fourth-order valence-corrected chi connectivity index (χ4v) is 3.79. The first-order chi connectivity index (χ1) is 14.4. The van der Waals surface area contributed by atoms with E-state index in [9.17, 15) is 19.5 Å². The number of amides is 1. The van der Waals surface area contributed by atoms with Crippen molar-refractivity contribution in [3.05, 3.63) is 52.3 Å². The maximum absolute atomic E-state index is 12.4. The van der Waals surface area contributed by atoms with Crippen molar-refractivity contribution in [1.82, 2.24) is 15.0 Å². The smallest absolute Gasteiger partial charge is 0.438 e. The predicted octanol–water partition coefficient (Wildman–Crippen LogP) is 1.37. The highest BCUT2D eigenvalue weighted by Gasteiger charge is 2.41. The van der Waals surface area contributed by atoms with Crippen molar-refractivity contribution in [3.63, 3.8) is 0 Å². The van der Waals surface area contributed by atoms with Crippen LogP contribution in [0.15, 0.2) is 39.6 Å². The molecule has 10 heteroatoms. The van der Waals surface area contributed by atoms with Crippen LogP contribution in [-0.4, -0.2) is 51.3 Å². The topological polar surface area (TPSA) is 152 Å². The van der Waals surface area contributed by atoms with E-state index in [0.717, 1.165) is 5.56 Å². The summed E-state index contributed by atoms with van der Waals surface area (Å²) in [4.78, 5) is 39.1. The number of aromatic nitrogens is 2. The number of hydrogen-bond acceptors (Lipinski definition) is 7. The quantitative estimate of drug-likeness (QED) is 0.516. The number of ether oxygens (including phenoxy) is 1. The number of carboxylic acids is 1. The molecule has 4 N–H and O–H groups in total. The number of nitrogens with two attached hydrogens (primary N) is 1. The first-order valence-electron chi connectivity index (χ1n) is 9.93. The van der Waals surface area contributed by atoms with Crippen LogP contribution in [0.1, 0.15) is 30.7 Å². The van der Waals surface area contributed by atoms with Gasteiger partial charge >= 0.3 is 17.8 Å². The van der Waals surface area contributed by atoms with Gasteiger partial charge < -0.3 is 20.5 Å².